The number of carbonyl (C=O) groups excluding carboxylic acids is 1. The van der Waals surface area contributed by atoms with E-state index in [-0.39, 0.29) is 6.09 Å². The molecule has 0 aromatic carbocycles. The van der Waals surface area contributed by atoms with Crippen molar-refractivity contribution in [3.63, 3.8) is 0 Å². The van der Waals surface area contributed by atoms with Crippen molar-refractivity contribution in [3.8, 4) is 0 Å². The number of carbonyl (C=O) groups is 1. The first-order valence-corrected chi connectivity index (χ1v) is 9.61. The molecule has 152 valence electrons. The van der Waals surface area contributed by atoms with E-state index in [0.717, 1.165) is 5.82 Å². The van der Waals surface area contributed by atoms with E-state index in [4.69, 9.17) is 39.5 Å². The van der Waals surface area contributed by atoms with Crippen molar-refractivity contribution in [3.05, 3.63) is 40.2 Å². The van der Waals surface area contributed by atoms with Crippen LogP contribution < -0.4 is 4.90 Å². The van der Waals surface area contributed by atoms with Crippen molar-refractivity contribution in [1.29, 1.82) is 0 Å². The number of aromatic nitrogens is 4. The maximum absolute atomic E-state index is 11.9. The molecule has 28 heavy (non-hydrogen) atoms. The van der Waals surface area contributed by atoms with Crippen LogP contribution in [0.1, 0.15) is 20.8 Å². The molecule has 1 amide bonds. The Labute approximate surface area is 178 Å². The fraction of sp³-hybridized carbons (Fsp3) is 0.471. The summed E-state index contributed by atoms with van der Waals surface area (Å²) in [6, 6.07) is 0. The molecule has 3 rings (SSSR count). The normalized spacial score (nSPS) is 14.2. The lowest BCUT2D eigenvalue weighted by Gasteiger charge is -2.36. The monoisotopic (exact) mass is 446 g/mol. The Morgan fingerprint density at radius 3 is 1.82 bits per heavy atom. The lowest BCUT2D eigenvalue weighted by molar-refractivity contribution is 0.0240. The van der Waals surface area contributed by atoms with Gasteiger partial charge in [0.2, 0.25) is 0 Å². The van der Waals surface area contributed by atoms with E-state index in [9.17, 15) is 4.79 Å². The van der Waals surface area contributed by atoms with Gasteiger partial charge in [-0.25, -0.2) is 14.8 Å². The largest absolute Gasteiger partial charge is 0.444 e. The fourth-order valence-corrected chi connectivity index (χ4v) is 2.73. The summed E-state index contributed by atoms with van der Waals surface area (Å²) in [7, 11) is 0. The van der Waals surface area contributed by atoms with Crippen LogP contribution in [0.15, 0.2) is 24.8 Å². The molecule has 0 spiro atoms. The van der Waals surface area contributed by atoms with Gasteiger partial charge in [0.15, 0.2) is 0 Å². The fourth-order valence-electron chi connectivity index (χ4n) is 2.25. The molecule has 8 nitrogen and oxygen atoms in total. The average Bonchev–Trinajstić information content (AvgIpc) is 2.61. The molecule has 2 aromatic rings. The molecule has 3 heterocycles. The number of nitrogens with zero attached hydrogens (tertiary/aromatic N) is 6. The maximum Gasteiger partial charge on any atom is 0.410 e. The summed E-state index contributed by atoms with van der Waals surface area (Å²) in [5.74, 6) is 0.737. The summed E-state index contributed by atoms with van der Waals surface area (Å²) >= 11 is 16.6. The minimum atomic E-state index is -0.466. The van der Waals surface area contributed by atoms with Gasteiger partial charge < -0.3 is 14.5 Å². The highest BCUT2D eigenvalue weighted by atomic mass is 35.5. The van der Waals surface area contributed by atoms with Crippen molar-refractivity contribution >= 4 is 46.7 Å². The second kappa shape index (κ2) is 10.0. The first kappa shape index (κ1) is 22.4. The topological polar surface area (TPSA) is 84.3 Å². The van der Waals surface area contributed by atoms with E-state index in [2.05, 4.69) is 24.8 Å². The molecule has 0 N–H and O–H groups in total. The van der Waals surface area contributed by atoms with Crippen molar-refractivity contribution in [2.75, 3.05) is 31.1 Å². The molecule has 11 heteroatoms. The van der Waals surface area contributed by atoms with Gasteiger partial charge in [0.25, 0.3) is 0 Å². The predicted molar refractivity (Wildman–Crippen MR) is 109 cm³/mol. The Morgan fingerprint density at radius 2 is 1.39 bits per heavy atom. The van der Waals surface area contributed by atoms with Gasteiger partial charge >= 0.3 is 6.09 Å². The number of rotatable bonds is 1. The zero-order chi connectivity index (χ0) is 20.7. The van der Waals surface area contributed by atoms with Gasteiger partial charge in [-0.15, -0.1) is 0 Å². The Hall–Kier alpha value is -1.90. The van der Waals surface area contributed by atoms with Crippen LogP contribution in [0.4, 0.5) is 10.6 Å². The van der Waals surface area contributed by atoms with E-state index < -0.39 is 5.60 Å². The van der Waals surface area contributed by atoms with Crippen LogP contribution in [0.5, 0.6) is 0 Å². The van der Waals surface area contributed by atoms with E-state index in [1.165, 1.54) is 18.6 Å². The van der Waals surface area contributed by atoms with E-state index in [0.29, 0.717) is 41.6 Å². The van der Waals surface area contributed by atoms with Crippen LogP contribution in [-0.2, 0) is 4.74 Å². The number of piperazine rings is 1. The highest BCUT2D eigenvalue weighted by Crippen LogP contribution is 2.16. The minimum Gasteiger partial charge on any atom is -0.444 e. The SMILES string of the molecule is CC(C)(C)OC(=O)N1CCN(c2cncc(Cl)n2)CC1.Clc1cncc(Cl)n1. The number of ether oxygens (including phenoxy) is 1. The molecule has 0 aliphatic carbocycles. The number of amides is 1. The standard InChI is InChI=1S/C13H19ClN4O2.C4H2Cl2N2/c1-13(2,3)20-12(19)18-6-4-17(5-7-18)11-9-15-8-10(14)16-11;5-3-1-7-2-4(6)8-3/h8-9H,4-7H2,1-3H3;1-2H. The van der Waals surface area contributed by atoms with Crippen LogP contribution >= 0.6 is 34.8 Å². The predicted octanol–water partition coefficient (Wildman–Crippen LogP) is 3.97. The van der Waals surface area contributed by atoms with Crippen LogP contribution in [0.3, 0.4) is 0 Å². The Morgan fingerprint density at radius 1 is 0.893 bits per heavy atom. The number of hydrogen-bond donors (Lipinski definition) is 0. The summed E-state index contributed by atoms with van der Waals surface area (Å²) in [4.78, 5) is 31.3. The van der Waals surface area contributed by atoms with E-state index in [1.807, 2.05) is 20.8 Å². The van der Waals surface area contributed by atoms with Gasteiger partial charge in [0, 0.05) is 26.2 Å². The molecule has 1 aliphatic rings. The minimum absolute atomic E-state index is 0.269. The molecule has 2 aromatic heterocycles. The third-order valence-electron chi connectivity index (χ3n) is 3.42. The zero-order valence-corrected chi connectivity index (χ0v) is 18.0. The lowest BCUT2D eigenvalue weighted by Crippen LogP contribution is -2.50. The number of hydrogen-bond acceptors (Lipinski definition) is 7. The first-order chi connectivity index (χ1) is 13.1. The summed E-state index contributed by atoms with van der Waals surface area (Å²) in [6.45, 7) is 8.17. The Bertz CT molecular complexity index is 777. The second-order valence-electron chi connectivity index (χ2n) is 6.82. The molecule has 0 unspecified atom stereocenters. The molecule has 0 saturated carbocycles. The Balaban J connectivity index is 0.000000292. The van der Waals surface area contributed by atoms with Crippen LogP contribution in [0.25, 0.3) is 0 Å². The van der Waals surface area contributed by atoms with Crippen molar-refractivity contribution in [2.24, 2.45) is 0 Å². The summed E-state index contributed by atoms with van der Waals surface area (Å²) in [5.41, 5.74) is -0.466. The number of anilines is 1. The van der Waals surface area contributed by atoms with Gasteiger partial charge in [0.1, 0.15) is 26.9 Å². The van der Waals surface area contributed by atoms with Crippen molar-refractivity contribution < 1.29 is 9.53 Å². The molecular formula is C17H21Cl3N6O2. The van der Waals surface area contributed by atoms with E-state index in [1.54, 1.807) is 11.1 Å². The van der Waals surface area contributed by atoms with Crippen LogP contribution in [0, 0.1) is 0 Å². The molecule has 0 bridgehead atoms. The van der Waals surface area contributed by atoms with Gasteiger partial charge in [-0.3, -0.25) is 9.97 Å². The molecule has 1 fully saturated rings. The highest BCUT2D eigenvalue weighted by molar-refractivity contribution is 6.32. The molecule has 0 radical (unpaired) electrons. The molecule has 1 saturated heterocycles. The maximum atomic E-state index is 11.9. The van der Waals surface area contributed by atoms with Gasteiger partial charge in [-0.2, -0.15) is 0 Å². The Kier molecular flexibility index (Phi) is 8.03. The van der Waals surface area contributed by atoms with Gasteiger partial charge in [0.05, 0.1) is 24.8 Å². The van der Waals surface area contributed by atoms with Crippen molar-refractivity contribution in [2.45, 2.75) is 26.4 Å². The zero-order valence-electron chi connectivity index (χ0n) is 15.8. The first-order valence-electron chi connectivity index (χ1n) is 8.47. The van der Waals surface area contributed by atoms with Gasteiger partial charge in [-0.05, 0) is 20.8 Å². The molecular weight excluding hydrogens is 427 g/mol. The summed E-state index contributed by atoms with van der Waals surface area (Å²) in [5, 5.41) is 1.01. The lowest BCUT2D eigenvalue weighted by atomic mass is 10.2. The van der Waals surface area contributed by atoms with Crippen LogP contribution in [-0.4, -0.2) is 62.7 Å². The van der Waals surface area contributed by atoms with Crippen molar-refractivity contribution in [1.82, 2.24) is 24.8 Å². The second-order valence-corrected chi connectivity index (χ2v) is 7.98. The third-order valence-corrected chi connectivity index (χ3v) is 3.97. The quantitative estimate of drug-likeness (QED) is 0.654. The summed E-state index contributed by atoms with van der Waals surface area (Å²) in [6.07, 6.45) is 5.76. The third kappa shape index (κ3) is 7.61. The van der Waals surface area contributed by atoms with Gasteiger partial charge in [-0.1, -0.05) is 34.8 Å². The summed E-state index contributed by atoms with van der Waals surface area (Å²) < 4.78 is 5.36. The molecule has 1 aliphatic heterocycles. The highest BCUT2D eigenvalue weighted by Gasteiger charge is 2.26. The van der Waals surface area contributed by atoms with E-state index >= 15 is 0 Å². The number of halogens is 3. The smallest absolute Gasteiger partial charge is 0.410 e. The average molecular weight is 448 g/mol. The molecule has 0 atom stereocenters. The van der Waals surface area contributed by atoms with Crippen LogP contribution in [0.2, 0.25) is 15.5 Å².